The van der Waals surface area contributed by atoms with Gasteiger partial charge in [0.2, 0.25) is 0 Å². The van der Waals surface area contributed by atoms with Crippen molar-refractivity contribution in [1.29, 1.82) is 0 Å². The Balaban J connectivity index is 3.85. The van der Waals surface area contributed by atoms with Crippen molar-refractivity contribution in [2.24, 2.45) is 11.8 Å². The van der Waals surface area contributed by atoms with E-state index in [4.69, 9.17) is 4.74 Å². The van der Waals surface area contributed by atoms with E-state index in [9.17, 15) is 0 Å². The molecule has 1 atom stereocenters. The van der Waals surface area contributed by atoms with Crippen LogP contribution in [0.1, 0.15) is 41.0 Å². The molecule has 1 unspecified atom stereocenters. The second-order valence-electron chi connectivity index (χ2n) is 4.61. The van der Waals surface area contributed by atoms with Gasteiger partial charge in [0.05, 0.1) is 12.2 Å². The number of thiol groups is 1. The van der Waals surface area contributed by atoms with Crippen LogP contribution in [0.4, 0.5) is 0 Å². The zero-order chi connectivity index (χ0) is 10.5. The highest BCUT2D eigenvalue weighted by atomic mass is 32.1. The minimum atomic E-state index is 0.0239. The molecule has 0 rings (SSSR count). The van der Waals surface area contributed by atoms with E-state index >= 15 is 0 Å². The zero-order valence-electron chi connectivity index (χ0n) is 9.63. The van der Waals surface area contributed by atoms with Gasteiger partial charge in [0.25, 0.3) is 0 Å². The van der Waals surface area contributed by atoms with Crippen LogP contribution in [-0.4, -0.2) is 18.0 Å². The van der Waals surface area contributed by atoms with Crippen LogP contribution in [0, 0.1) is 11.8 Å². The summed E-state index contributed by atoms with van der Waals surface area (Å²) >= 11 is 4.33. The molecular formula is C11H24OS. The van der Waals surface area contributed by atoms with Crippen molar-refractivity contribution < 1.29 is 4.74 Å². The first-order valence-corrected chi connectivity index (χ1v) is 5.81. The molecule has 0 spiro atoms. The Morgan fingerprint density at radius 2 is 1.85 bits per heavy atom. The van der Waals surface area contributed by atoms with Crippen LogP contribution < -0.4 is 0 Å². The maximum absolute atomic E-state index is 5.84. The SMILES string of the molecule is CCC(C)(C)OCC(CS)C(C)C. The molecule has 0 radical (unpaired) electrons. The molecule has 80 valence electrons. The highest BCUT2D eigenvalue weighted by Gasteiger charge is 2.19. The molecule has 13 heavy (non-hydrogen) atoms. The Kier molecular flexibility index (Phi) is 6.06. The quantitative estimate of drug-likeness (QED) is 0.652. The maximum Gasteiger partial charge on any atom is 0.0624 e. The van der Waals surface area contributed by atoms with Gasteiger partial charge in [-0.05, 0) is 37.9 Å². The van der Waals surface area contributed by atoms with Gasteiger partial charge in [0, 0.05) is 0 Å². The molecule has 1 nitrogen and oxygen atoms in total. The van der Waals surface area contributed by atoms with Crippen LogP contribution >= 0.6 is 12.6 Å². The Hall–Kier alpha value is 0.310. The molecule has 0 aliphatic rings. The average molecular weight is 204 g/mol. The lowest BCUT2D eigenvalue weighted by atomic mass is 9.98. The molecule has 0 aromatic heterocycles. The Bertz CT molecular complexity index is 132. The van der Waals surface area contributed by atoms with E-state index in [1.807, 2.05) is 0 Å². The van der Waals surface area contributed by atoms with Crippen molar-refractivity contribution >= 4 is 12.6 Å². The lowest BCUT2D eigenvalue weighted by Gasteiger charge is -2.27. The standard InChI is InChI=1S/C11H24OS/c1-6-11(4,5)12-7-10(8-13)9(2)3/h9-10,13H,6-8H2,1-5H3. The van der Waals surface area contributed by atoms with Crippen LogP contribution in [0.2, 0.25) is 0 Å². The molecule has 0 aromatic rings. The van der Waals surface area contributed by atoms with Crippen LogP contribution in [0.5, 0.6) is 0 Å². The monoisotopic (exact) mass is 204 g/mol. The third-order valence-electron chi connectivity index (χ3n) is 2.72. The number of ether oxygens (including phenoxy) is 1. The fourth-order valence-corrected chi connectivity index (χ4v) is 1.42. The maximum atomic E-state index is 5.84. The van der Waals surface area contributed by atoms with Gasteiger partial charge < -0.3 is 4.74 Å². The van der Waals surface area contributed by atoms with E-state index in [0.29, 0.717) is 11.8 Å². The molecule has 0 amide bonds. The Labute approximate surface area is 88.7 Å². The van der Waals surface area contributed by atoms with E-state index in [2.05, 4.69) is 47.2 Å². The smallest absolute Gasteiger partial charge is 0.0624 e. The summed E-state index contributed by atoms with van der Waals surface area (Å²) in [5, 5.41) is 0. The lowest BCUT2D eigenvalue weighted by molar-refractivity contribution is -0.0403. The van der Waals surface area contributed by atoms with Gasteiger partial charge in [-0.15, -0.1) is 0 Å². The summed E-state index contributed by atoms with van der Waals surface area (Å²) in [6.45, 7) is 11.7. The van der Waals surface area contributed by atoms with Gasteiger partial charge >= 0.3 is 0 Å². The number of hydrogen-bond donors (Lipinski definition) is 1. The summed E-state index contributed by atoms with van der Waals surface area (Å²) in [6.07, 6.45) is 1.06. The summed E-state index contributed by atoms with van der Waals surface area (Å²) in [5.41, 5.74) is 0.0239. The number of hydrogen-bond acceptors (Lipinski definition) is 2. The molecule has 0 N–H and O–H groups in total. The third-order valence-corrected chi connectivity index (χ3v) is 3.19. The largest absolute Gasteiger partial charge is 0.375 e. The first kappa shape index (κ1) is 13.3. The van der Waals surface area contributed by atoms with E-state index in [1.165, 1.54) is 0 Å². The zero-order valence-corrected chi connectivity index (χ0v) is 10.5. The normalized spacial score (nSPS) is 15.0. The Morgan fingerprint density at radius 3 is 2.15 bits per heavy atom. The summed E-state index contributed by atoms with van der Waals surface area (Å²) < 4.78 is 5.84. The van der Waals surface area contributed by atoms with E-state index in [1.54, 1.807) is 0 Å². The summed E-state index contributed by atoms with van der Waals surface area (Å²) in [6, 6.07) is 0. The van der Waals surface area contributed by atoms with Crippen molar-refractivity contribution in [3.05, 3.63) is 0 Å². The van der Waals surface area contributed by atoms with Crippen molar-refractivity contribution in [1.82, 2.24) is 0 Å². The molecule has 0 aliphatic heterocycles. The molecule has 0 fully saturated rings. The van der Waals surface area contributed by atoms with Gasteiger partial charge in [0.1, 0.15) is 0 Å². The lowest BCUT2D eigenvalue weighted by Crippen LogP contribution is -2.28. The van der Waals surface area contributed by atoms with Crippen LogP contribution in [0.3, 0.4) is 0 Å². The highest BCUT2D eigenvalue weighted by Crippen LogP contribution is 2.19. The summed E-state index contributed by atoms with van der Waals surface area (Å²) in [4.78, 5) is 0. The van der Waals surface area contributed by atoms with Crippen LogP contribution in [0.25, 0.3) is 0 Å². The molecule has 0 aromatic carbocycles. The second-order valence-corrected chi connectivity index (χ2v) is 4.98. The molecule has 2 heteroatoms. The first-order valence-electron chi connectivity index (χ1n) is 5.17. The van der Waals surface area contributed by atoms with Crippen molar-refractivity contribution in [2.75, 3.05) is 12.4 Å². The predicted octanol–water partition coefficient (Wildman–Crippen LogP) is 3.39. The van der Waals surface area contributed by atoms with Crippen molar-refractivity contribution in [3.63, 3.8) is 0 Å². The topological polar surface area (TPSA) is 9.23 Å². The van der Waals surface area contributed by atoms with E-state index < -0.39 is 0 Å². The third kappa shape index (κ3) is 5.58. The number of rotatable bonds is 6. The van der Waals surface area contributed by atoms with E-state index in [-0.39, 0.29) is 5.60 Å². The summed E-state index contributed by atoms with van der Waals surface area (Å²) in [5.74, 6) is 2.15. The highest BCUT2D eigenvalue weighted by molar-refractivity contribution is 7.80. The van der Waals surface area contributed by atoms with E-state index in [0.717, 1.165) is 18.8 Å². The fourth-order valence-electron chi connectivity index (χ4n) is 0.891. The molecule has 0 heterocycles. The van der Waals surface area contributed by atoms with Crippen molar-refractivity contribution in [3.8, 4) is 0 Å². The molecule has 0 bridgehead atoms. The molecule has 0 saturated heterocycles. The van der Waals surface area contributed by atoms with Gasteiger partial charge in [-0.1, -0.05) is 20.8 Å². The first-order chi connectivity index (χ1) is 5.93. The molecule has 0 aliphatic carbocycles. The second kappa shape index (κ2) is 5.92. The van der Waals surface area contributed by atoms with Gasteiger partial charge in [-0.25, -0.2) is 0 Å². The molecular weight excluding hydrogens is 180 g/mol. The minimum absolute atomic E-state index is 0.0239. The Morgan fingerprint density at radius 1 is 1.31 bits per heavy atom. The predicted molar refractivity (Wildman–Crippen MR) is 62.5 cm³/mol. The average Bonchev–Trinajstić information content (AvgIpc) is 2.05. The van der Waals surface area contributed by atoms with Gasteiger partial charge in [-0.2, -0.15) is 12.6 Å². The van der Waals surface area contributed by atoms with Crippen LogP contribution in [-0.2, 0) is 4.74 Å². The fraction of sp³-hybridized carbons (Fsp3) is 1.00. The molecule has 0 saturated carbocycles. The van der Waals surface area contributed by atoms with Crippen LogP contribution in [0.15, 0.2) is 0 Å². The van der Waals surface area contributed by atoms with Gasteiger partial charge in [-0.3, -0.25) is 0 Å². The minimum Gasteiger partial charge on any atom is -0.375 e. The summed E-state index contributed by atoms with van der Waals surface area (Å²) in [7, 11) is 0. The van der Waals surface area contributed by atoms with Gasteiger partial charge in [0.15, 0.2) is 0 Å². The van der Waals surface area contributed by atoms with Crippen molar-refractivity contribution in [2.45, 2.75) is 46.6 Å².